The van der Waals surface area contributed by atoms with Gasteiger partial charge in [-0.1, -0.05) is 0 Å². The number of fused-ring (bicyclic) bond motifs is 1. The zero-order valence-corrected chi connectivity index (χ0v) is 17.6. The van der Waals surface area contributed by atoms with Crippen LogP contribution in [0.3, 0.4) is 0 Å². The van der Waals surface area contributed by atoms with Gasteiger partial charge >= 0.3 is 6.18 Å². The number of nitrogens with zero attached hydrogens (tertiary/aromatic N) is 5. The molecule has 0 aliphatic heterocycles. The van der Waals surface area contributed by atoms with E-state index in [2.05, 4.69) is 25.7 Å². The van der Waals surface area contributed by atoms with E-state index in [0.29, 0.717) is 22.2 Å². The van der Waals surface area contributed by atoms with Crippen LogP contribution in [0.4, 0.5) is 33.5 Å². The van der Waals surface area contributed by atoms with Crippen molar-refractivity contribution in [2.75, 3.05) is 11.9 Å². The normalized spacial score (nSPS) is 11.7. The van der Waals surface area contributed by atoms with E-state index in [1.165, 1.54) is 35.1 Å². The summed E-state index contributed by atoms with van der Waals surface area (Å²) in [6.45, 7) is -1.11. The smallest absolute Gasteiger partial charge is 0.345 e. The molecule has 2 N–H and O–H groups in total. The first-order chi connectivity index (χ1) is 16.7. The summed E-state index contributed by atoms with van der Waals surface area (Å²) in [5.74, 6) is -0.236. The minimum absolute atomic E-state index is 0.0134. The van der Waals surface area contributed by atoms with E-state index in [-0.39, 0.29) is 23.7 Å². The highest BCUT2D eigenvalue weighted by molar-refractivity contribution is 5.95. The summed E-state index contributed by atoms with van der Waals surface area (Å²) in [6, 6.07) is 6.15. The summed E-state index contributed by atoms with van der Waals surface area (Å²) in [5.41, 5.74) is -0.747. The number of hydrogen-bond donors (Lipinski definition) is 2. The summed E-state index contributed by atoms with van der Waals surface area (Å²) in [6.07, 6.45) is -2.41. The molecular formula is C21H16F5N7O2. The number of rotatable bonds is 8. The second-order valence-electron chi connectivity index (χ2n) is 7.19. The largest absolute Gasteiger partial charge is 0.435 e. The lowest BCUT2D eigenvalue weighted by Crippen LogP contribution is -2.24. The highest BCUT2D eigenvalue weighted by Gasteiger charge is 2.38. The van der Waals surface area contributed by atoms with Crippen LogP contribution in [0, 0.1) is 0 Å². The van der Waals surface area contributed by atoms with Gasteiger partial charge in [-0.05, 0) is 24.3 Å². The average Bonchev–Trinajstić information content (AvgIpc) is 3.42. The van der Waals surface area contributed by atoms with Crippen molar-refractivity contribution in [3.63, 3.8) is 0 Å². The quantitative estimate of drug-likeness (QED) is 0.287. The Hall–Kier alpha value is -4.36. The fraction of sp³-hybridized carbons (Fsp3) is 0.190. The van der Waals surface area contributed by atoms with Gasteiger partial charge < -0.3 is 15.4 Å². The number of carbonyl (C=O) groups excluding carboxylic acids is 2. The molecule has 1 amide bonds. The number of carbonyl (C=O) groups is 2. The third-order valence-electron chi connectivity index (χ3n) is 4.82. The number of aromatic nitrogens is 5. The lowest BCUT2D eigenvalue weighted by molar-refractivity contribution is -0.141. The van der Waals surface area contributed by atoms with Crippen LogP contribution in [-0.2, 0) is 17.5 Å². The molecule has 0 aliphatic carbocycles. The zero-order chi connectivity index (χ0) is 25.2. The molecular weight excluding hydrogens is 477 g/mol. The summed E-state index contributed by atoms with van der Waals surface area (Å²) < 4.78 is 68.0. The first kappa shape index (κ1) is 23.8. The van der Waals surface area contributed by atoms with Crippen molar-refractivity contribution >= 4 is 29.3 Å². The van der Waals surface area contributed by atoms with Gasteiger partial charge in [0.1, 0.15) is 12.8 Å². The molecule has 182 valence electrons. The van der Waals surface area contributed by atoms with Crippen molar-refractivity contribution in [3.05, 3.63) is 60.3 Å². The Morgan fingerprint density at radius 3 is 2.54 bits per heavy atom. The number of benzene rings is 1. The fourth-order valence-corrected chi connectivity index (χ4v) is 3.34. The van der Waals surface area contributed by atoms with Crippen molar-refractivity contribution in [1.82, 2.24) is 29.5 Å². The second kappa shape index (κ2) is 9.48. The lowest BCUT2D eigenvalue weighted by Gasteiger charge is -2.09. The van der Waals surface area contributed by atoms with Gasteiger partial charge in [0.15, 0.2) is 17.2 Å². The molecule has 0 bridgehead atoms. The maximum absolute atomic E-state index is 13.6. The summed E-state index contributed by atoms with van der Waals surface area (Å²) in [5, 5.41) is 8.68. The van der Waals surface area contributed by atoms with Crippen molar-refractivity contribution in [1.29, 1.82) is 0 Å². The standard InChI is InChI=1S/C21H16F5N7O2/c22-16(23)11-32-10-14(17(31-32)21(24,25)26)15-9-29-19-18(27-5-7-33(15)19)30-13-3-1-12(2-4-13)20(35)28-6-8-34/h1-5,7-10,16H,6,11H2,(H,27,30)(H,28,35). The first-order valence-electron chi connectivity index (χ1n) is 10.0. The topological polar surface area (TPSA) is 106 Å². The summed E-state index contributed by atoms with van der Waals surface area (Å²) >= 11 is 0. The molecule has 9 nitrogen and oxygen atoms in total. The number of nitrogens with one attached hydrogen (secondary N) is 2. The molecule has 3 aromatic heterocycles. The zero-order valence-electron chi connectivity index (χ0n) is 17.6. The molecule has 1 aromatic carbocycles. The third-order valence-corrected chi connectivity index (χ3v) is 4.82. The van der Waals surface area contributed by atoms with Crippen molar-refractivity contribution in [3.8, 4) is 11.3 Å². The number of imidazole rings is 1. The van der Waals surface area contributed by atoms with Crippen LogP contribution in [0.25, 0.3) is 16.9 Å². The van der Waals surface area contributed by atoms with Gasteiger partial charge in [-0.25, -0.2) is 18.7 Å². The summed E-state index contributed by atoms with van der Waals surface area (Å²) in [7, 11) is 0. The van der Waals surface area contributed by atoms with E-state index in [9.17, 15) is 31.5 Å². The molecule has 0 spiro atoms. The maximum atomic E-state index is 13.6. The van der Waals surface area contributed by atoms with Crippen LogP contribution in [0.15, 0.2) is 49.1 Å². The number of alkyl halides is 5. The molecule has 4 aromatic rings. The van der Waals surface area contributed by atoms with Gasteiger partial charge in [-0.3, -0.25) is 13.9 Å². The average molecular weight is 493 g/mol. The van der Waals surface area contributed by atoms with Gasteiger partial charge in [0, 0.05) is 29.8 Å². The Kier molecular flexibility index (Phi) is 6.44. The highest BCUT2D eigenvalue weighted by Crippen LogP contribution is 2.37. The molecule has 0 radical (unpaired) electrons. The highest BCUT2D eigenvalue weighted by atomic mass is 19.4. The molecule has 0 unspecified atom stereocenters. The van der Waals surface area contributed by atoms with E-state index >= 15 is 0 Å². The van der Waals surface area contributed by atoms with E-state index < -0.39 is 36.3 Å². The molecule has 0 saturated heterocycles. The Morgan fingerprint density at radius 2 is 1.89 bits per heavy atom. The monoisotopic (exact) mass is 493 g/mol. The molecule has 4 rings (SSSR count). The predicted octanol–water partition coefficient (Wildman–Crippen LogP) is 3.55. The number of anilines is 2. The molecule has 0 fully saturated rings. The van der Waals surface area contributed by atoms with Gasteiger partial charge in [-0.2, -0.15) is 18.3 Å². The fourth-order valence-electron chi connectivity index (χ4n) is 3.34. The van der Waals surface area contributed by atoms with Crippen molar-refractivity contribution in [2.24, 2.45) is 0 Å². The molecule has 3 heterocycles. The van der Waals surface area contributed by atoms with E-state index in [4.69, 9.17) is 0 Å². The van der Waals surface area contributed by atoms with Crippen molar-refractivity contribution < 1.29 is 31.5 Å². The van der Waals surface area contributed by atoms with Gasteiger partial charge in [0.25, 0.3) is 12.3 Å². The minimum atomic E-state index is -4.87. The lowest BCUT2D eigenvalue weighted by atomic mass is 10.2. The molecule has 14 heteroatoms. The van der Waals surface area contributed by atoms with E-state index in [0.717, 1.165) is 6.20 Å². The maximum Gasteiger partial charge on any atom is 0.435 e. The van der Waals surface area contributed by atoms with Crippen molar-refractivity contribution in [2.45, 2.75) is 19.1 Å². The Morgan fingerprint density at radius 1 is 1.14 bits per heavy atom. The van der Waals surface area contributed by atoms with Gasteiger partial charge in [0.05, 0.1) is 24.0 Å². The van der Waals surface area contributed by atoms with E-state index in [1.807, 2.05) is 0 Å². The van der Waals surface area contributed by atoms with Crippen LogP contribution in [0.5, 0.6) is 0 Å². The molecule has 0 aliphatic rings. The Labute approximate surface area is 193 Å². The predicted molar refractivity (Wildman–Crippen MR) is 113 cm³/mol. The third kappa shape index (κ3) is 5.10. The number of aldehydes is 1. The number of amides is 1. The minimum Gasteiger partial charge on any atom is -0.345 e. The Balaban J connectivity index is 1.66. The van der Waals surface area contributed by atoms with Gasteiger partial charge in [-0.15, -0.1) is 0 Å². The van der Waals surface area contributed by atoms with Gasteiger partial charge in [0.2, 0.25) is 0 Å². The van der Waals surface area contributed by atoms with Crippen LogP contribution >= 0.6 is 0 Å². The Bertz CT molecular complexity index is 1360. The van der Waals surface area contributed by atoms with Crippen LogP contribution in [-0.4, -0.2) is 49.3 Å². The van der Waals surface area contributed by atoms with E-state index in [1.54, 1.807) is 12.1 Å². The SMILES string of the molecule is O=CCNC(=O)c1ccc(Nc2nccn3c(-c4cn(CC(F)F)nc4C(F)(F)F)cnc23)cc1. The first-order valence-corrected chi connectivity index (χ1v) is 10.0. The van der Waals surface area contributed by atoms with Crippen LogP contribution in [0.1, 0.15) is 16.1 Å². The number of halogens is 5. The molecule has 0 atom stereocenters. The second-order valence-corrected chi connectivity index (χ2v) is 7.19. The van der Waals surface area contributed by atoms with Crippen LogP contribution < -0.4 is 10.6 Å². The molecule has 35 heavy (non-hydrogen) atoms. The number of hydrogen-bond acceptors (Lipinski definition) is 6. The van der Waals surface area contributed by atoms with Crippen LogP contribution in [0.2, 0.25) is 0 Å². The summed E-state index contributed by atoms with van der Waals surface area (Å²) in [4.78, 5) is 30.6. The molecule has 0 saturated carbocycles.